The highest BCUT2D eigenvalue weighted by molar-refractivity contribution is 7.80. The van der Waals surface area contributed by atoms with Crippen LogP contribution in [-0.4, -0.2) is 34.6 Å². The molecule has 2 atom stereocenters. The van der Waals surface area contributed by atoms with E-state index in [2.05, 4.69) is 15.6 Å². The number of aromatic nitrogens is 1. The minimum absolute atomic E-state index is 0.00879. The first-order valence-corrected chi connectivity index (χ1v) is 12.5. The van der Waals surface area contributed by atoms with Gasteiger partial charge in [0.1, 0.15) is 24.2 Å². The van der Waals surface area contributed by atoms with Gasteiger partial charge in [0.15, 0.2) is 5.11 Å². The molecule has 1 fully saturated rings. The molecule has 0 spiro atoms. The normalized spacial score (nSPS) is 16.7. The van der Waals surface area contributed by atoms with Crippen LogP contribution >= 0.6 is 12.2 Å². The lowest BCUT2D eigenvalue weighted by atomic mass is 10.0. The summed E-state index contributed by atoms with van der Waals surface area (Å²) >= 11 is 5.79. The second-order valence-electron chi connectivity index (χ2n) is 8.98. The van der Waals surface area contributed by atoms with Gasteiger partial charge in [0.25, 0.3) is 5.69 Å². The first-order chi connectivity index (χ1) is 18.9. The van der Waals surface area contributed by atoms with Crippen molar-refractivity contribution in [3.05, 3.63) is 106 Å². The van der Waals surface area contributed by atoms with E-state index in [1.54, 1.807) is 18.3 Å². The molecule has 11 heteroatoms. The molecule has 0 unspecified atom stereocenters. The zero-order valence-electron chi connectivity index (χ0n) is 21.2. The quantitative estimate of drug-likeness (QED) is 0.173. The van der Waals surface area contributed by atoms with Crippen molar-refractivity contribution in [1.82, 2.24) is 10.3 Å². The number of benzene rings is 2. The minimum atomic E-state index is -0.436. The van der Waals surface area contributed by atoms with Gasteiger partial charge in [-0.25, -0.2) is 0 Å². The number of methoxy groups -OCH3 is 1. The molecule has 198 valence electrons. The Morgan fingerprint density at radius 2 is 1.97 bits per heavy atom. The molecule has 1 aliphatic rings. The average Bonchev–Trinajstić information content (AvgIpc) is 3.55. The summed E-state index contributed by atoms with van der Waals surface area (Å²) in [5, 5.41) is 17.8. The van der Waals surface area contributed by atoms with Crippen molar-refractivity contribution in [2.75, 3.05) is 23.9 Å². The predicted molar refractivity (Wildman–Crippen MR) is 150 cm³/mol. The Labute approximate surface area is 229 Å². The highest BCUT2D eigenvalue weighted by Gasteiger charge is 2.42. The van der Waals surface area contributed by atoms with E-state index < -0.39 is 4.92 Å². The van der Waals surface area contributed by atoms with Gasteiger partial charge < -0.3 is 24.7 Å². The van der Waals surface area contributed by atoms with Crippen LogP contribution in [0.1, 0.15) is 29.1 Å². The topological polar surface area (TPSA) is 123 Å². The van der Waals surface area contributed by atoms with Crippen molar-refractivity contribution in [3.8, 4) is 11.3 Å². The Hall–Kier alpha value is -4.61. The number of nitrogens with zero attached hydrogens (tertiary/aromatic N) is 3. The van der Waals surface area contributed by atoms with Gasteiger partial charge in [-0.1, -0.05) is 6.07 Å². The Kier molecular flexibility index (Phi) is 7.35. The van der Waals surface area contributed by atoms with Crippen molar-refractivity contribution in [1.29, 1.82) is 0 Å². The van der Waals surface area contributed by atoms with Crippen LogP contribution in [0.2, 0.25) is 0 Å². The van der Waals surface area contributed by atoms with Crippen molar-refractivity contribution in [3.63, 3.8) is 0 Å². The predicted octanol–water partition coefficient (Wildman–Crippen LogP) is 5.32. The van der Waals surface area contributed by atoms with Gasteiger partial charge in [-0.05, 0) is 79.3 Å². The van der Waals surface area contributed by atoms with E-state index in [1.807, 2.05) is 60.4 Å². The van der Waals surface area contributed by atoms with E-state index in [4.69, 9.17) is 21.4 Å². The van der Waals surface area contributed by atoms with Gasteiger partial charge in [-0.15, -0.1) is 0 Å². The van der Waals surface area contributed by atoms with Crippen LogP contribution in [-0.2, 0) is 9.53 Å². The Morgan fingerprint density at radius 3 is 2.64 bits per heavy atom. The number of rotatable bonds is 8. The molecule has 39 heavy (non-hydrogen) atoms. The molecule has 1 amide bonds. The molecule has 2 N–H and O–H groups in total. The number of pyridine rings is 1. The van der Waals surface area contributed by atoms with Gasteiger partial charge in [0, 0.05) is 42.4 Å². The molecule has 5 rings (SSSR count). The molecule has 10 nitrogen and oxygen atoms in total. The van der Waals surface area contributed by atoms with Gasteiger partial charge >= 0.3 is 0 Å². The second kappa shape index (κ2) is 11.0. The number of carbonyl (C=O) groups is 1. The highest BCUT2D eigenvalue weighted by Crippen LogP contribution is 2.43. The zero-order valence-corrected chi connectivity index (χ0v) is 22.0. The average molecular weight is 544 g/mol. The summed E-state index contributed by atoms with van der Waals surface area (Å²) in [6.45, 7) is 1.87. The molecule has 0 saturated carbocycles. The van der Waals surface area contributed by atoms with Crippen LogP contribution in [0.3, 0.4) is 0 Å². The first-order valence-electron chi connectivity index (χ1n) is 12.1. The largest absolute Gasteiger partial charge is 0.459 e. The first kappa shape index (κ1) is 26.0. The Morgan fingerprint density at radius 1 is 1.18 bits per heavy atom. The van der Waals surface area contributed by atoms with Crippen molar-refractivity contribution in [2.24, 2.45) is 0 Å². The molecule has 3 heterocycles. The second-order valence-corrected chi connectivity index (χ2v) is 9.37. The Bertz CT molecular complexity index is 1520. The van der Waals surface area contributed by atoms with Crippen molar-refractivity contribution >= 4 is 40.3 Å². The third-order valence-corrected chi connectivity index (χ3v) is 6.73. The molecular weight excluding hydrogens is 518 g/mol. The van der Waals surface area contributed by atoms with Crippen molar-refractivity contribution < 1.29 is 18.9 Å². The number of carbonyl (C=O) groups excluding carboxylic acids is 1. The van der Waals surface area contributed by atoms with Gasteiger partial charge in [0.2, 0.25) is 5.91 Å². The third kappa shape index (κ3) is 5.35. The lowest BCUT2D eigenvalue weighted by Gasteiger charge is -2.26. The number of thiocarbonyl (C=S) groups is 1. The molecule has 4 aromatic rings. The molecular formula is C28H25N5O5S. The zero-order chi connectivity index (χ0) is 27.5. The standard InChI is InChI=1S/C28H25N5O5S/c1-17-15-20(10-11-21(17)30-25(34)16-37-2)32-27(26(31-28(32)39)22-5-3-4-14-29-22)24-13-12-23(38-24)18-6-8-19(9-7-18)33(35)36/h3-15,26-27H,16H2,1-2H3,(H,30,34)(H,31,39)/t26-,27+/m0/s1. The number of aryl methyl sites for hydroxylation is 1. The number of nitro benzene ring substituents is 1. The number of amides is 1. The SMILES string of the molecule is COCC(=O)Nc1ccc(N2C(=S)N[C@@H](c3ccccn3)[C@H]2c2ccc(-c3ccc([N+](=O)[O-])cc3)o2)cc1C. The number of non-ortho nitro benzene ring substituents is 1. The van der Waals surface area contributed by atoms with E-state index in [1.165, 1.54) is 19.2 Å². The molecule has 0 aliphatic carbocycles. The maximum absolute atomic E-state index is 12.0. The fourth-order valence-electron chi connectivity index (χ4n) is 4.59. The van der Waals surface area contributed by atoms with Crippen LogP contribution in [0.5, 0.6) is 0 Å². The third-order valence-electron chi connectivity index (χ3n) is 6.42. The lowest BCUT2D eigenvalue weighted by Crippen LogP contribution is -2.29. The maximum Gasteiger partial charge on any atom is 0.269 e. The van der Waals surface area contributed by atoms with Crippen LogP contribution < -0.4 is 15.5 Å². The number of nitrogens with one attached hydrogen (secondary N) is 2. The minimum Gasteiger partial charge on any atom is -0.459 e. The fraction of sp³-hybridized carbons (Fsp3) is 0.179. The number of hydrogen-bond donors (Lipinski definition) is 2. The maximum atomic E-state index is 12.0. The van der Waals surface area contributed by atoms with E-state index in [0.29, 0.717) is 27.9 Å². The summed E-state index contributed by atoms with van der Waals surface area (Å²) in [6, 6.07) is 20.6. The highest BCUT2D eigenvalue weighted by atomic mass is 32.1. The van der Waals surface area contributed by atoms with Gasteiger partial charge in [-0.2, -0.15) is 0 Å². The molecule has 0 radical (unpaired) electrons. The van der Waals surface area contributed by atoms with Crippen LogP contribution in [0.15, 0.2) is 83.4 Å². The van der Waals surface area contributed by atoms with Crippen LogP contribution in [0, 0.1) is 17.0 Å². The summed E-state index contributed by atoms with van der Waals surface area (Å²) in [4.78, 5) is 29.2. The molecule has 2 aromatic carbocycles. The smallest absolute Gasteiger partial charge is 0.269 e. The Balaban J connectivity index is 1.52. The molecule has 0 bridgehead atoms. The van der Waals surface area contributed by atoms with Crippen LogP contribution in [0.25, 0.3) is 11.3 Å². The van der Waals surface area contributed by atoms with E-state index >= 15 is 0 Å². The van der Waals surface area contributed by atoms with Gasteiger partial charge in [-0.3, -0.25) is 19.9 Å². The molecule has 2 aromatic heterocycles. The number of furan rings is 1. The summed E-state index contributed by atoms with van der Waals surface area (Å²) in [6.07, 6.45) is 1.73. The number of nitro groups is 1. The van der Waals surface area contributed by atoms with Gasteiger partial charge in [0.05, 0.1) is 16.7 Å². The molecule has 1 saturated heterocycles. The summed E-state index contributed by atoms with van der Waals surface area (Å²) in [5.41, 5.74) is 3.86. The van der Waals surface area contributed by atoms with E-state index in [0.717, 1.165) is 16.9 Å². The number of anilines is 2. The van der Waals surface area contributed by atoms with Crippen LogP contribution in [0.4, 0.5) is 17.1 Å². The summed E-state index contributed by atoms with van der Waals surface area (Å²) < 4.78 is 11.2. The van der Waals surface area contributed by atoms with E-state index in [-0.39, 0.29) is 30.3 Å². The molecule has 1 aliphatic heterocycles. The monoisotopic (exact) mass is 543 g/mol. The summed E-state index contributed by atoms with van der Waals surface area (Å²) in [7, 11) is 1.47. The number of ether oxygens (including phenoxy) is 1. The fourth-order valence-corrected chi connectivity index (χ4v) is 4.94. The lowest BCUT2D eigenvalue weighted by molar-refractivity contribution is -0.384. The summed E-state index contributed by atoms with van der Waals surface area (Å²) in [5.74, 6) is 0.973. The number of hydrogen-bond acceptors (Lipinski definition) is 7. The van der Waals surface area contributed by atoms with Crippen molar-refractivity contribution in [2.45, 2.75) is 19.0 Å². The van der Waals surface area contributed by atoms with E-state index in [9.17, 15) is 14.9 Å².